The van der Waals surface area contributed by atoms with Gasteiger partial charge in [-0.25, -0.2) is 4.98 Å². The van der Waals surface area contributed by atoms with Gasteiger partial charge in [0.2, 0.25) is 0 Å². The van der Waals surface area contributed by atoms with Gasteiger partial charge in [0, 0.05) is 30.9 Å². The van der Waals surface area contributed by atoms with Crippen LogP contribution in [0.2, 0.25) is 0 Å². The molecule has 1 aromatic carbocycles. The van der Waals surface area contributed by atoms with Crippen LogP contribution in [0.3, 0.4) is 0 Å². The Balaban J connectivity index is 1.56. The molecule has 4 rings (SSSR count). The highest BCUT2D eigenvalue weighted by atomic mass is 16.3. The molecule has 1 aliphatic rings. The Hall–Kier alpha value is -2.56. The minimum absolute atomic E-state index is 0.0268. The van der Waals surface area contributed by atoms with Crippen molar-refractivity contribution in [3.05, 3.63) is 54.8 Å². The molecule has 0 bridgehead atoms. The molecule has 1 aliphatic heterocycles. The van der Waals surface area contributed by atoms with Crippen molar-refractivity contribution in [3.63, 3.8) is 0 Å². The minimum atomic E-state index is -0.0268. The highest BCUT2D eigenvalue weighted by molar-refractivity contribution is 5.96. The first-order valence-electron chi connectivity index (χ1n) is 7.56. The topological polar surface area (TPSA) is 51.3 Å². The van der Waals surface area contributed by atoms with Crippen LogP contribution in [0.4, 0.5) is 0 Å². The monoisotopic (exact) mass is 295 g/mol. The predicted octanol–water partition coefficient (Wildman–Crippen LogP) is 3.11. The van der Waals surface area contributed by atoms with Crippen LogP contribution in [-0.4, -0.2) is 33.4 Å². The second-order valence-corrected chi connectivity index (χ2v) is 5.71. The predicted molar refractivity (Wildman–Crippen MR) is 82.6 cm³/mol. The number of imidazole rings is 1. The molecule has 1 amide bonds. The summed E-state index contributed by atoms with van der Waals surface area (Å²) < 4.78 is 7.78. The molecular formula is C17H17N3O2. The fourth-order valence-corrected chi connectivity index (χ4v) is 3.11. The number of carbonyl (C=O) groups excluding carboxylic acids is 1. The van der Waals surface area contributed by atoms with Gasteiger partial charge in [0.15, 0.2) is 5.76 Å². The molecular weight excluding hydrogens is 278 g/mol. The summed E-state index contributed by atoms with van der Waals surface area (Å²) in [6.07, 6.45) is 7.62. The van der Waals surface area contributed by atoms with E-state index < -0.39 is 0 Å². The number of likely N-dealkylation sites (tertiary alicyclic amines) is 1. The molecule has 3 aromatic rings. The Morgan fingerprint density at radius 3 is 3.05 bits per heavy atom. The van der Waals surface area contributed by atoms with E-state index in [-0.39, 0.29) is 5.91 Å². The standard InChI is InChI=1S/C17H17N3O2/c21-17(16-10-13-4-1-2-6-15(13)22-16)19-8-3-5-14(11-19)20-9-7-18-12-20/h1-2,4,6-7,9-10,12,14H,3,5,8,11H2/t14-/m0/s1. The first-order valence-corrected chi connectivity index (χ1v) is 7.56. The SMILES string of the molecule is O=C(c1cc2ccccc2o1)N1CCC[C@H](n2ccnc2)C1. The maximum atomic E-state index is 12.7. The molecule has 0 radical (unpaired) electrons. The molecule has 2 aromatic heterocycles. The van der Waals surface area contributed by atoms with Gasteiger partial charge in [0.25, 0.3) is 5.91 Å². The number of benzene rings is 1. The maximum Gasteiger partial charge on any atom is 0.289 e. The van der Waals surface area contributed by atoms with Crippen molar-refractivity contribution in [1.82, 2.24) is 14.5 Å². The Labute approximate surface area is 128 Å². The quantitative estimate of drug-likeness (QED) is 0.730. The molecule has 1 atom stereocenters. The number of fused-ring (bicyclic) bond motifs is 1. The average molecular weight is 295 g/mol. The largest absolute Gasteiger partial charge is 0.451 e. The first kappa shape index (κ1) is 13.1. The van der Waals surface area contributed by atoms with E-state index in [1.54, 1.807) is 6.20 Å². The first-order chi connectivity index (χ1) is 10.8. The van der Waals surface area contributed by atoms with Gasteiger partial charge in [0.1, 0.15) is 5.58 Å². The van der Waals surface area contributed by atoms with Crippen molar-refractivity contribution < 1.29 is 9.21 Å². The minimum Gasteiger partial charge on any atom is -0.451 e. The number of carbonyl (C=O) groups is 1. The third kappa shape index (κ3) is 2.28. The van der Waals surface area contributed by atoms with Gasteiger partial charge in [-0.2, -0.15) is 0 Å². The molecule has 3 heterocycles. The van der Waals surface area contributed by atoms with E-state index in [4.69, 9.17) is 4.42 Å². The van der Waals surface area contributed by atoms with Crippen molar-refractivity contribution in [1.29, 1.82) is 0 Å². The second-order valence-electron chi connectivity index (χ2n) is 5.71. The number of rotatable bonds is 2. The van der Waals surface area contributed by atoms with Crippen molar-refractivity contribution in [2.75, 3.05) is 13.1 Å². The number of para-hydroxylation sites is 1. The zero-order chi connectivity index (χ0) is 14.9. The average Bonchev–Trinajstić information content (AvgIpc) is 3.23. The van der Waals surface area contributed by atoms with E-state index in [2.05, 4.69) is 9.55 Å². The fourth-order valence-electron chi connectivity index (χ4n) is 3.11. The Morgan fingerprint density at radius 2 is 2.23 bits per heavy atom. The summed E-state index contributed by atoms with van der Waals surface area (Å²) in [5.41, 5.74) is 0.758. The molecule has 0 spiro atoms. The number of hydrogen-bond donors (Lipinski definition) is 0. The summed E-state index contributed by atoms with van der Waals surface area (Å²) in [5, 5.41) is 0.967. The number of hydrogen-bond acceptors (Lipinski definition) is 3. The third-order valence-electron chi connectivity index (χ3n) is 4.27. The van der Waals surface area contributed by atoms with Crippen LogP contribution in [0.1, 0.15) is 29.4 Å². The zero-order valence-electron chi connectivity index (χ0n) is 12.2. The van der Waals surface area contributed by atoms with Crippen molar-refractivity contribution >= 4 is 16.9 Å². The number of amides is 1. The summed E-state index contributed by atoms with van der Waals surface area (Å²) in [6.45, 7) is 1.48. The zero-order valence-corrected chi connectivity index (χ0v) is 12.2. The maximum absolute atomic E-state index is 12.7. The molecule has 112 valence electrons. The van der Waals surface area contributed by atoms with Crippen LogP contribution in [0.25, 0.3) is 11.0 Å². The number of aromatic nitrogens is 2. The van der Waals surface area contributed by atoms with E-state index in [0.29, 0.717) is 18.3 Å². The van der Waals surface area contributed by atoms with Gasteiger partial charge >= 0.3 is 0 Å². The molecule has 0 N–H and O–H groups in total. The molecule has 0 saturated carbocycles. The second kappa shape index (κ2) is 5.33. The number of nitrogens with zero attached hydrogens (tertiary/aromatic N) is 3. The van der Waals surface area contributed by atoms with Gasteiger partial charge in [-0.1, -0.05) is 18.2 Å². The van der Waals surface area contributed by atoms with E-state index in [0.717, 1.165) is 30.4 Å². The Morgan fingerprint density at radius 1 is 1.32 bits per heavy atom. The summed E-state index contributed by atoms with van der Waals surface area (Å²) in [4.78, 5) is 18.7. The summed E-state index contributed by atoms with van der Waals surface area (Å²) in [7, 11) is 0. The van der Waals surface area contributed by atoms with Crippen LogP contribution in [0, 0.1) is 0 Å². The van der Waals surface area contributed by atoms with Crippen molar-refractivity contribution in [3.8, 4) is 0 Å². The molecule has 5 heteroatoms. The smallest absolute Gasteiger partial charge is 0.289 e. The Bertz CT molecular complexity index is 758. The van der Waals surface area contributed by atoms with Crippen LogP contribution >= 0.6 is 0 Å². The molecule has 1 saturated heterocycles. The summed E-state index contributed by atoms with van der Waals surface area (Å²) in [5.74, 6) is 0.397. The number of piperidine rings is 1. The van der Waals surface area contributed by atoms with Crippen LogP contribution < -0.4 is 0 Å². The van der Waals surface area contributed by atoms with E-state index >= 15 is 0 Å². The van der Waals surface area contributed by atoms with Crippen LogP contribution in [0.15, 0.2) is 53.5 Å². The lowest BCUT2D eigenvalue weighted by Gasteiger charge is -2.32. The van der Waals surface area contributed by atoms with Gasteiger partial charge in [-0.3, -0.25) is 4.79 Å². The van der Waals surface area contributed by atoms with E-state index in [1.807, 2.05) is 47.8 Å². The highest BCUT2D eigenvalue weighted by Crippen LogP contribution is 2.25. The fraction of sp³-hybridized carbons (Fsp3) is 0.294. The lowest BCUT2D eigenvalue weighted by molar-refractivity contribution is 0.0650. The lowest BCUT2D eigenvalue weighted by atomic mass is 10.1. The lowest BCUT2D eigenvalue weighted by Crippen LogP contribution is -2.40. The van der Waals surface area contributed by atoms with Gasteiger partial charge in [-0.15, -0.1) is 0 Å². The third-order valence-corrected chi connectivity index (χ3v) is 4.27. The van der Waals surface area contributed by atoms with Gasteiger partial charge in [0.05, 0.1) is 12.4 Å². The molecule has 1 fully saturated rings. The van der Waals surface area contributed by atoms with Gasteiger partial charge in [-0.05, 0) is 25.0 Å². The highest BCUT2D eigenvalue weighted by Gasteiger charge is 2.27. The molecule has 0 unspecified atom stereocenters. The number of furan rings is 1. The van der Waals surface area contributed by atoms with Gasteiger partial charge < -0.3 is 13.9 Å². The van der Waals surface area contributed by atoms with E-state index in [1.165, 1.54) is 0 Å². The van der Waals surface area contributed by atoms with Crippen molar-refractivity contribution in [2.45, 2.75) is 18.9 Å². The Kier molecular flexibility index (Phi) is 3.18. The van der Waals surface area contributed by atoms with Crippen LogP contribution in [-0.2, 0) is 0 Å². The van der Waals surface area contributed by atoms with E-state index in [9.17, 15) is 4.79 Å². The summed E-state index contributed by atoms with van der Waals surface area (Å²) in [6, 6.07) is 9.83. The molecule has 22 heavy (non-hydrogen) atoms. The van der Waals surface area contributed by atoms with Crippen LogP contribution in [0.5, 0.6) is 0 Å². The molecule has 0 aliphatic carbocycles. The van der Waals surface area contributed by atoms with Crippen molar-refractivity contribution in [2.24, 2.45) is 0 Å². The molecule has 5 nitrogen and oxygen atoms in total. The summed E-state index contributed by atoms with van der Waals surface area (Å²) >= 11 is 0. The normalized spacial score (nSPS) is 18.7.